The van der Waals surface area contributed by atoms with E-state index >= 15 is 0 Å². The van der Waals surface area contributed by atoms with Gasteiger partial charge in [0.1, 0.15) is 25.3 Å². The standard InChI is InChI=1S/C15H18ClN5O10S2.Na/c1-3-30-9(23)5-31-14-11(13(25)21(14)33(26,27)28)19-12(24)10(20-29-2)7-6-32-15(17-7)18-8(22)4-16;/h6,11,14H,3-5H2,1-2H3,(H,19,24)(H,17,18,22)(H,26,27,28);/q;+1/p-1/t11-,14+;/m1./s1. The number of ether oxygens (including phenoxy) is 2. The van der Waals surface area contributed by atoms with Crippen LogP contribution in [0.4, 0.5) is 5.13 Å². The van der Waals surface area contributed by atoms with Crippen molar-refractivity contribution >= 4 is 67.8 Å². The van der Waals surface area contributed by atoms with Crippen molar-refractivity contribution in [2.75, 3.05) is 31.5 Å². The molecule has 0 saturated carbocycles. The predicted octanol–water partition coefficient (Wildman–Crippen LogP) is -4.63. The summed E-state index contributed by atoms with van der Waals surface area (Å²) in [6, 6.07) is -1.65. The number of amides is 3. The van der Waals surface area contributed by atoms with Crippen LogP contribution in [0.1, 0.15) is 12.6 Å². The number of carbonyl (C=O) groups excluding carboxylic acids is 4. The molecule has 34 heavy (non-hydrogen) atoms. The molecule has 2 N–H and O–H groups in total. The van der Waals surface area contributed by atoms with Crippen molar-refractivity contribution in [3.8, 4) is 0 Å². The zero-order valence-electron chi connectivity index (χ0n) is 18.0. The molecule has 1 fully saturated rings. The Morgan fingerprint density at radius 3 is 2.62 bits per heavy atom. The van der Waals surface area contributed by atoms with E-state index in [0.29, 0.717) is 0 Å². The molecule has 1 aromatic rings. The van der Waals surface area contributed by atoms with Gasteiger partial charge in [-0.05, 0) is 6.92 Å². The van der Waals surface area contributed by atoms with E-state index in [-0.39, 0.29) is 57.2 Å². The number of nitrogens with one attached hydrogen (secondary N) is 2. The zero-order chi connectivity index (χ0) is 24.8. The molecule has 0 spiro atoms. The number of aromatic nitrogens is 1. The molecule has 0 unspecified atom stereocenters. The summed E-state index contributed by atoms with van der Waals surface area (Å²) in [6.07, 6.45) is -1.80. The van der Waals surface area contributed by atoms with Crippen molar-refractivity contribution < 1.29 is 76.0 Å². The molecule has 182 valence electrons. The fraction of sp³-hybridized carbons (Fsp3) is 0.467. The summed E-state index contributed by atoms with van der Waals surface area (Å²) in [6.45, 7) is 0.732. The Labute approximate surface area is 224 Å². The van der Waals surface area contributed by atoms with Gasteiger partial charge in [0.2, 0.25) is 5.91 Å². The van der Waals surface area contributed by atoms with Gasteiger partial charge in [0.05, 0.1) is 6.61 Å². The van der Waals surface area contributed by atoms with Crippen molar-refractivity contribution in [1.29, 1.82) is 0 Å². The third-order valence-electron chi connectivity index (χ3n) is 3.72. The van der Waals surface area contributed by atoms with Crippen LogP contribution >= 0.6 is 22.9 Å². The van der Waals surface area contributed by atoms with Gasteiger partial charge in [-0.25, -0.2) is 22.5 Å². The Kier molecular flexibility index (Phi) is 11.8. The molecule has 1 aliphatic heterocycles. The summed E-state index contributed by atoms with van der Waals surface area (Å²) in [5, 5.41) is 9.48. The predicted molar refractivity (Wildman–Crippen MR) is 110 cm³/mol. The van der Waals surface area contributed by atoms with Crippen LogP contribution in [0.15, 0.2) is 10.5 Å². The average Bonchev–Trinajstić information content (AvgIpc) is 3.19. The second kappa shape index (κ2) is 13.3. The van der Waals surface area contributed by atoms with E-state index in [4.69, 9.17) is 16.3 Å². The number of halogens is 1. The van der Waals surface area contributed by atoms with Crippen molar-refractivity contribution in [3.05, 3.63) is 11.1 Å². The molecule has 0 aromatic carbocycles. The van der Waals surface area contributed by atoms with Crippen LogP contribution in [0.3, 0.4) is 0 Å². The number of thiazole rings is 1. The van der Waals surface area contributed by atoms with E-state index < -0.39 is 58.6 Å². The summed E-state index contributed by atoms with van der Waals surface area (Å²) in [4.78, 5) is 56.3. The second-order valence-corrected chi connectivity index (χ2v) is 8.27. The minimum Gasteiger partial charge on any atom is -0.731 e. The molecule has 2 heterocycles. The first-order valence-corrected chi connectivity index (χ1v) is 11.6. The maximum absolute atomic E-state index is 12.7. The Morgan fingerprint density at radius 1 is 1.38 bits per heavy atom. The molecule has 0 bridgehead atoms. The molecule has 1 aromatic heterocycles. The monoisotopic (exact) mass is 549 g/mol. The van der Waals surface area contributed by atoms with Crippen molar-refractivity contribution in [1.82, 2.24) is 14.6 Å². The normalized spacial score (nSPS) is 17.8. The van der Waals surface area contributed by atoms with E-state index in [1.54, 1.807) is 0 Å². The van der Waals surface area contributed by atoms with E-state index in [2.05, 4.69) is 30.3 Å². The fourth-order valence-corrected chi connectivity index (χ4v) is 3.98. The van der Waals surface area contributed by atoms with E-state index in [0.717, 1.165) is 18.4 Å². The molecule has 2 atom stereocenters. The molecule has 0 radical (unpaired) electrons. The quantitative estimate of drug-likeness (QED) is 0.0510. The van der Waals surface area contributed by atoms with Gasteiger partial charge in [-0.15, -0.1) is 22.9 Å². The number of carbonyl (C=O) groups is 4. The van der Waals surface area contributed by atoms with Crippen LogP contribution < -0.4 is 40.2 Å². The summed E-state index contributed by atoms with van der Waals surface area (Å²) in [5.74, 6) is -4.11. The molecule has 3 amide bonds. The Hall–Kier alpha value is -1.86. The summed E-state index contributed by atoms with van der Waals surface area (Å²) < 4.78 is 43.5. The topological polar surface area (TPSA) is 206 Å². The van der Waals surface area contributed by atoms with Gasteiger partial charge in [0.15, 0.2) is 33.4 Å². The molecule has 0 aliphatic carbocycles. The number of hydrogen-bond acceptors (Lipinski definition) is 13. The smallest absolute Gasteiger partial charge is 0.731 e. The molecule has 2 rings (SSSR count). The maximum Gasteiger partial charge on any atom is 1.00 e. The average molecular weight is 550 g/mol. The summed E-state index contributed by atoms with van der Waals surface area (Å²) in [7, 11) is -4.17. The number of rotatable bonds is 11. The van der Waals surface area contributed by atoms with E-state index in [1.165, 1.54) is 12.3 Å². The van der Waals surface area contributed by atoms with Crippen LogP contribution in [0.2, 0.25) is 0 Å². The number of anilines is 1. The molecule has 1 aliphatic rings. The van der Waals surface area contributed by atoms with Gasteiger partial charge < -0.3 is 29.5 Å². The number of hydrogen-bond donors (Lipinski definition) is 2. The molecule has 1 saturated heterocycles. The van der Waals surface area contributed by atoms with Crippen molar-refractivity contribution in [2.45, 2.75) is 19.2 Å². The van der Waals surface area contributed by atoms with Crippen LogP contribution in [0, 0.1) is 0 Å². The summed E-state index contributed by atoms with van der Waals surface area (Å²) >= 11 is 6.33. The molecular weight excluding hydrogens is 533 g/mol. The van der Waals surface area contributed by atoms with Crippen molar-refractivity contribution in [3.63, 3.8) is 0 Å². The number of β-lactam (4-membered cyclic amide) rings is 1. The number of alkyl halides is 1. The van der Waals surface area contributed by atoms with Gasteiger partial charge in [0, 0.05) is 5.38 Å². The summed E-state index contributed by atoms with van der Waals surface area (Å²) in [5.41, 5.74) is -0.506. The third kappa shape index (κ3) is 7.57. The van der Waals surface area contributed by atoms with Crippen molar-refractivity contribution in [2.24, 2.45) is 5.16 Å². The first-order valence-electron chi connectivity index (χ1n) is 8.83. The molecule has 19 heteroatoms. The Morgan fingerprint density at radius 2 is 2.06 bits per heavy atom. The molecule has 15 nitrogen and oxygen atoms in total. The maximum atomic E-state index is 12.7. The zero-order valence-corrected chi connectivity index (χ0v) is 22.4. The first kappa shape index (κ1) is 30.2. The van der Waals surface area contributed by atoms with Gasteiger partial charge in [-0.3, -0.25) is 14.4 Å². The van der Waals surface area contributed by atoms with Crippen LogP contribution in [-0.4, -0.2) is 90.1 Å². The van der Waals surface area contributed by atoms with Crippen LogP contribution in [0.25, 0.3) is 0 Å². The van der Waals surface area contributed by atoms with E-state index in [1.807, 2.05) is 0 Å². The Balaban J connectivity index is 0.00000578. The van der Waals surface area contributed by atoms with Gasteiger partial charge >= 0.3 is 35.5 Å². The third-order valence-corrected chi connectivity index (χ3v) is 5.59. The SMILES string of the molecule is CCOC(=O)CO[C@H]1[C@H](NC(=O)C(=NOC)c2csc(NC(=O)CCl)n2)C(=O)N1S(=O)(=O)[O-].[Na+]. The Bertz CT molecular complexity index is 1070. The number of esters is 1. The van der Waals surface area contributed by atoms with Gasteiger partial charge in [-0.2, -0.15) is 0 Å². The van der Waals surface area contributed by atoms with Crippen LogP contribution in [0.5, 0.6) is 0 Å². The van der Waals surface area contributed by atoms with Crippen LogP contribution in [-0.2, 0) is 43.8 Å². The minimum absolute atomic E-state index is 0. The molecular formula is C15H17ClN5NaO10S2. The van der Waals surface area contributed by atoms with Gasteiger partial charge in [0.25, 0.3) is 11.8 Å². The number of oxime groups is 1. The fourth-order valence-electron chi connectivity index (χ4n) is 2.43. The number of nitrogens with zero attached hydrogens (tertiary/aromatic N) is 3. The minimum atomic E-state index is -5.30. The van der Waals surface area contributed by atoms with Gasteiger partial charge in [-0.1, -0.05) is 5.16 Å². The van der Waals surface area contributed by atoms with E-state index in [9.17, 15) is 32.1 Å². The first-order chi connectivity index (χ1) is 15.5. The second-order valence-electron chi connectivity index (χ2n) is 5.89. The largest absolute Gasteiger partial charge is 1.00 e.